The second kappa shape index (κ2) is 8.61. The van der Waals surface area contributed by atoms with Gasteiger partial charge in [0.1, 0.15) is 12.4 Å². The molecule has 0 unspecified atom stereocenters. The highest BCUT2D eigenvalue weighted by atomic mass is 19.1. The minimum Gasteiger partial charge on any atom is -0.465 e. The van der Waals surface area contributed by atoms with Gasteiger partial charge in [-0.25, -0.2) is 14.2 Å². The van der Waals surface area contributed by atoms with E-state index in [1.165, 1.54) is 19.2 Å². The Hall–Kier alpha value is -3.28. The lowest BCUT2D eigenvalue weighted by Crippen LogP contribution is -2.14. The molecular weight excluding hydrogens is 361 g/mol. The van der Waals surface area contributed by atoms with E-state index in [0.29, 0.717) is 23.2 Å². The number of halogens is 1. The Kier molecular flexibility index (Phi) is 5.99. The quantitative estimate of drug-likeness (QED) is 0.600. The molecule has 0 saturated heterocycles. The first-order valence-electron chi connectivity index (χ1n) is 8.86. The number of methoxy groups -OCH3 is 1. The lowest BCUT2D eigenvalue weighted by Gasteiger charge is -2.13. The largest absolute Gasteiger partial charge is 0.465 e. The van der Waals surface area contributed by atoms with Gasteiger partial charge in [-0.05, 0) is 42.7 Å². The second-order valence-electron chi connectivity index (χ2n) is 6.35. The normalized spacial score (nSPS) is 10.7. The molecule has 2 aromatic carbocycles. The molecule has 3 rings (SSSR count). The van der Waals surface area contributed by atoms with Crippen LogP contribution in [0.1, 0.15) is 33.6 Å². The number of para-hydroxylation sites is 1. The summed E-state index contributed by atoms with van der Waals surface area (Å²) in [5, 5.41) is 0.842. The molecule has 0 spiro atoms. The standard InChI is InChI=1S/C22H20FNO4/c1-14-17-5-3-4-6-18(17)24-19(21(14)22(26)27-2)13-28-20(25)12-9-15-7-10-16(23)11-8-15/h3-8,10-11H,9,12-13H2,1-2H3. The molecule has 0 fully saturated rings. The predicted octanol–water partition coefficient (Wildman–Crippen LogP) is 4.14. The van der Waals surface area contributed by atoms with Crippen LogP contribution in [0.2, 0.25) is 0 Å². The molecule has 144 valence electrons. The molecule has 0 saturated carbocycles. The number of ether oxygens (including phenoxy) is 2. The van der Waals surface area contributed by atoms with Gasteiger partial charge in [0.25, 0.3) is 0 Å². The minimum absolute atomic E-state index is 0.127. The van der Waals surface area contributed by atoms with Crippen molar-refractivity contribution >= 4 is 22.8 Å². The topological polar surface area (TPSA) is 65.5 Å². The molecule has 0 aliphatic carbocycles. The van der Waals surface area contributed by atoms with Gasteiger partial charge in [0.05, 0.1) is 23.9 Å². The van der Waals surface area contributed by atoms with Gasteiger partial charge >= 0.3 is 11.9 Å². The Bertz CT molecular complexity index is 1010. The van der Waals surface area contributed by atoms with Gasteiger partial charge in [-0.1, -0.05) is 30.3 Å². The van der Waals surface area contributed by atoms with Gasteiger partial charge in [0.2, 0.25) is 0 Å². The molecule has 5 nitrogen and oxygen atoms in total. The molecule has 6 heteroatoms. The third kappa shape index (κ3) is 4.34. The van der Waals surface area contributed by atoms with Crippen LogP contribution < -0.4 is 0 Å². The molecule has 1 heterocycles. The molecule has 0 aliphatic rings. The van der Waals surface area contributed by atoms with Crippen LogP contribution in [0.25, 0.3) is 10.9 Å². The van der Waals surface area contributed by atoms with Crippen LogP contribution in [0.15, 0.2) is 48.5 Å². The summed E-state index contributed by atoms with van der Waals surface area (Å²) in [6.07, 6.45) is 0.582. The predicted molar refractivity (Wildman–Crippen MR) is 102 cm³/mol. The first-order valence-corrected chi connectivity index (χ1v) is 8.86. The van der Waals surface area contributed by atoms with Crippen LogP contribution in [0, 0.1) is 12.7 Å². The zero-order valence-corrected chi connectivity index (χ0v) is 15.7. The van der Waals surface area contributed by atoms with Crippen molar-refractivity contribution in [3.8, 4) is 0 Å². The van der Waals surface area contributed by atoms with Crippen LogP contribution in [-0.2, 0) is 27.3 Å². The molecule has 3 aromatic rings. The number of fused-ring (bicyclic) bond motifs is 1. The van der Waals surface area contributed by atoms with Crippen molar-refractivity contribution in [3.63, 3.8) is 0 Å². The summed E-state index contributed by atoms with van der Waals surface area (Å²) in [5.74, 6) is -1.26. The molecule has 0 amide bonds. The second-order valence-corrected chi connectivity index (χ2v) is 6.35. The Morgan fingerprint density at radius 1 is 1.07 bits per heavy atom. The van der Waals surface area contributed by atoms with Gasteiger partial charge in [0.15, 0.2) is 0 Å². The zero-order valence-electron chi connectivity index (χ0n) is 15.7. The Morgan fingerprint density at radius 3 is 2.50 bits per heavy atom. The van der Waals surface area contributed by atoms with Crippen molar-refractivity contribution in [1.82, 2.24) is 4.98 Å². The van der Waals surface area contributed by atoms with E-state index >= 15 is 0 Å². The summed E-state index contributed by atoms with van der Waals surface area (Å²) in [7, 11) is 1.30. The molecule has 0 bridgehead atoms. The number of carbonyl (C=O) groups is 2. The van der Waals surface area contributed by atoms with E-state index in [1.54, 1.807) is 12.1 Å². The number of hydrogen-bond donors (Lipinski definition) is 0. The number of benzene rings is 2. The number of esters is 2. The maximum atomic E-state index is 12.9. The Morgan fingerprint density at radius 2 is 1.79 bits per heavy atom. The first kappa shape index (κ1) is 19.5. The van der Waals surface area contributed by atoms with Gasteiger partial charge in [-0.3, -0.25) is 4.79 Å². The Labute approximate surface area is 162 Å². The number of rotatable bonds is 6. The van der Waals surface area contributed by atoms with Crippen molar-refractivity contribution in [2.24, 2.45) is 0 Å². The lowest BCUT2D eigenvalue weighted by atomic mass is 10.0. The van der Waals surface area contributed by atoms with Crippen molar-refractivity contribution in [1.29, 1.82) is 0 Å². The molecule has 28 heavy (non-hydrogen) atoms. The monoisotopic (exact) mass is 381 g/mol. The summed E-state index contributed by atoms with van der Waals surface area (Å²) in [4.78, 5) is 28.8. The van der Waals surface area contributed by atoms with Crippen molar-refractivity contribution < 1.29 is 23.5 Å². The number of aromatic nitrogens is 1. The smallest absolute Gasteiger partial charge is 0.340 e. The van der Waals surface area contributed by atoms with Crippen molar-refractivity contribution in [2.75, 3.05) is 7.11 Å². The molecule has 0 radical (unpaired) electrons. The van der Waals surface area contributed by atoms with Crippen LogP contribution >= 0.6 is 0 Å². The number of carbonyl (C=O) groups excluding carboxylic acids is 2. The highest BCUT2D eigenvalue weighted by Crippen LogP contribution is 2.24. The maximum absolute atomic E-state index is 12.9. The highest BCUT2D eigenvalue weighted by Gasteiger charge is 2.20. The number of pyridine rings is 1. The fourth-order valence-corrected chi connectivity index (χ4v) is 3.04. The van der Waals surface area contributed by atoms with E-state index < -0.39 is 11.9 Å². The van der Waals surface area contributed by atoms with Crippen molar-refractivity contribution in [3.05, 3.63) is 76.7 Å². The van der Waals surface area contributed by atoms with Crippen LogP contribution in [0.4, 0.5) is 4.39 Å². The van der Waals surface area contributed by atoms with Gasteiger partial charge in [-0.2, -0.15) is 0 Å². The number of nitrogens with zero attached hydrogens (tertiary/aromatic N) is 1. The first-order chi connectivity index (χ1) is 13.5. The van der Waals surface area contributed by atoms with E-state index in [9.17, 15) is 14.0 Å². The van der Waals surface area contributed by atoms with Crippen LogP contribution in [0.3, 0.4) is 0 Å². The fourth-order valence-electron chi connectivity index (χ4n) is 3.04. The highest BCUT2D eigenvalue weighted by molar-refractivity contribution is 5.98. The lowest BCUT2D eigenvalue weighted by molar-refractivity contribution is -0.145. The summed E-state index contributed by atoms with van der Waals surface area (Å²) >= 11 is 0. The van der Waals surface area contributed by atoms with E-state index in [4.69, 9.17) is 9.47 Å². The maximum Gasteiger partial charge on any atom is 0.340 e. The third-order valence-electron chi connectivity index (χ3n) is 4.52. The van der Waals surface area contributed by atoms with E-state index in [-0.39, 0.29) is 18.8 Å². The van der Waals surface area contributed by atoms with Gasteiger partial charge < -0.3 is 9.47 Å². The molecule has 0 aliphatic heterocycles. The summed E-state index contributed by atoms with van der Waals surface area (Å²) in [6.45, 7) is 1.69. The summed E-state index contributed by atoms with van der Waals surface area (Å²) in [5.41, 5.74) is 2.96. The molecular formula is C22H20FNO4. The average Bonchev–Trinajstić information content (AvgIpc) is 2.71. The van der Waals surface area contributed by atoms with Crippen LogP contribution in [-0.4, -0.2) is 24.0 Å². The van der Waals surface area contributed by atoms with E-state index in [1.807, 2.05) is 31.2 Å². The van der Waals surface area contributed by atoms with Gasteiger partial charge in [0, 0.05) is 11.8 Å². The van der Waals surface area contributed by atoms with Crippen molar-refractivity contribution in [2.45, 2.75) is 26.4 Å². The van der Waals surface area contributed by atoms with E-state index in [0.717, 1.165) is 16.5 Å². The molecule has 0 atom stereocenters. The molecule has 1 aromatic heterocycles. The minimum atomic E-state index is -0.520. The average molecular weight is 381 g/mol. The summed E-state index contributed by atoms with van der Waals surface area (Å²) < 4.78 is 23.1. The zero-order chi connectivity index (χ0) is 20.1. The van der Waals surface area contributed by atoms with Gasteiger partial charge in [-0.15, -0.1) is 0 Å². The van der Waals surface area contributed by atoms with E-state index in [2.05, 4.69) is 4.98 Å². The SMILES string of the molecule is COC(=O)c1c(COC(=O)CCc2ccc(F)cc2)nc2ccccc2c1C. The fraction of sp³-hybridized carbons (Fsp3) is 0.227. The van der Waals surface area contributed by atoms with Crippen LogP contribution in [0.5, 0.6) is 0 Å². The number of hydrogen-bond acceptors (Lipinski definition) is 5. The molecule has 0 N–H and O–H groups in total. The summed E-state index contributed by atoms with van der Waals surface area (Å²) in [6, 6.07) is 13.4. The third-order valence-corrected chi connectivity index (χ3v) is 4.52. The number of aryl methyl sites for hydroxylation is 2. The Balaban J connectivity index is 1.74.